The van der Waals surface area contributed by atoms with Gasteiger partial charge in [0.25, 0.3) is 0 Å². The third-order valence-corrected chi connectivity index (χ3v) is 3.53. The van der Waals surface area contributed by atoms with Crippen molar-refractivity contribution in [1.29, 1.82) is 0 Å². The van der Waals surface area contributed by atoms with Crippen LogP contribution >= 0.6 is 11.5 Å². The second-order valence-electron chi connectivity index (χ2n) is 4.27. The minimum Gasteiger partial charge on any atom is -0.450 e. The normalized spacial score (nSPS) is 19.6. The maximum atomic E-state index is 5.33. The van der Waals surface area contributed by atoms with Gasteiger partial charge in [-0.1, -0.05) is 12.8 Å². The van der Waals surface area contributed by atoms with Gasteiger partial charge in [0.2, 0.25) is 5.13 Å². The highest BCUT2D eigenvalue weighted by atomic mass is 32.1. The van der Waals surface area contributed by atoms with Crippen LogP contribution in [0.5, 0.6) is 6.01 Å². The predicted octanol–water partition coefficient (Wildman–Crippen LogP) is 2.18. The molecule has 17 heavy (non-hydrogen) atoms. The summed E-state index contributed by atoms with van der Waals surface area (Å²) in [5, 5.41) is 0.969. The van der Waals surface area contributed by atoms with Crippen LogP contribution in [0.25, 0.3) is 0 Å². The van der Waals surface area contributed by atoms with Crippen LogP contribution in [0.2, 0.25) is 0 Å². The second kappa shape index (κ2) is 5.87. The summed E-state index contributed by atoms with van der Waals surface area (Å²) in [4.78, 5) is 6.68. The molecule has 0 N–H and O–H groups in total. The molecule has 5 heteroatoms. The van der Waals surface area contributed by atoms with Crippen molar-refractivity contribution in [2.75, 3.05) is 24.6 Å². The summed E-state index contributed by atoms with van der Waals surface area (Å²) in [6.45, 7) is 6.58. The molecule has 0 amide bonds. The fourth-order valence-electron chi connectivity index (χ4n) is 1.93. The predicted molar refractivity (Wildman–Crippen MR) is 69.5 cm³/mol. The first-order valence-electron chi connectivity index (χ1n) is 5.90. The Morgan fingerprint density at radius 1 is 1.59 bits per heavy atom. The summed E-state index contributed by atoms with van der Waals surface area (Å²) >= 11 is 1.41. The van der Waals surface area contributed by atoms with Crippen LogP contribution in [0.15, 0.2) is 0 Å². The third kappa shape index (κ3) is 3.34. The van der Waals surface area contributed by atoms with E-state index < -0.39 is 0 Å². The topological polar surface area (TPSA) is 38.2 Å². The summed E-state index contributed by atoms with van der Waals surface area (Å²) in [5.74, 6) is 6.35. The van der Waals surface area contributed by atoms with Gasteiger partial charge in [0.15, 0.2) is 6.61 Å². The highest BCUT2D eigenvalue weighted by Gasteiger charge is 2.19. The van der Waals surface area contributed by atoms with E-state index in [-0.39, 0.29) is 0 Å². The van der Waals surface area contributed by atoms with Gasteiger partial charge >= 0.3 is 6.01 Å². The number of aromatic nitrogens is 2. The molecular formula is C12H17N3OS. The molecule has 92 valence electrons. The van der Waals surface area contributed by atoms with Gasteiger partial charge in [-0.2, -0.15) is 4.98 Å². The van der Waals surface area contributed by atoms with E-state index in [2.05, 4.69) is 33.0 Å². The molecule has 1 aliphatic rings. The Morgan fingerprint density at radius 3 is 3.24 bits per heavy atom. The molecule has 0 saturated carbocycles. The number of rotatable bonds is 3. The van der Waals surface area contributed by atoms with E-state index in [0.717, 1.165) is 24.1 Å². The lowest BCUT2D eigenvalue weighted by atomic mass is 10.0. The average molecular weight is 251 g/mol. The Hall–Kier alpha value is -1.28. The molecule has 2 heterocycles. The molecule has 1 fully saturated rings. The van der Waals surface area contributed by atoms with Crippen LogP contribution in [-0.4, -0.2) is 29.1 Å². The molecule has 1 aromatic rings. The number of hydrogen-bond donors (Lipinski definition) is 0. The van der Waals surface area contributed by atoms with E-state index in [1.807, 2.05) is 0 Å². The minimum atomic E-state index is 0.364. The number of nitrogens with zero attached hydrogens (tertiary/aromatic N) is 3. The Morgan fingerprint density at radius 2 is 2.47 bits per heavy atom. The van der Waals surface area contributed by atoms with E-state index in [9.17, 15) is 0 Å². The Bertz CT molecular complexity index is 421. The molecule has 0 spiro atoms. The Kier molecular flexibility index (Phi) is 4.21. The van der Waals surface area contributed by atoms with Crippen molar-refractivity contribution in [3.8, 4) is 17.9 Å². The van der Waals surface area contributed by atoms with Gasteiger partial charge in [-0.3, -0.25) is 0 Å². The van der Waals surface area contributed by atoms with Gasteiger partial charge in [0.1, 0.15) is 0 Å². The molecule has 1 aromatic heterocycles. The number of piperidine rings is 1. The Balaban J connectivity index is 1.94. The van der Waals surface area contributed by atoms with Crippen molar-refractivity contribution < 1.29 is 4.74 Å². The lowest BCUT2D eigenvalue weighted by Crippen LogP contribution is -2.34. The van der Waals surface area contributed by atoms with Gasteiger partial charge in [0, 0.05) is 24.6 Å². The van der Waals surface area contributed by atoms with E-state index in [1.54, 1.807) is 6.92 Å². The van der Waals surface area contributed by atoms with Gasteiger partial charge in [-0.05, 0) is 25.7 Å². The van der Waals surface area contributed by atoms with Crippen LogP contribution in [-0.2, 0) is 0 Å². The zero-order chi connectivity index (χ0) is 12.1. The van der Waals surface area contributed by atoms with Crippen molar-refractivity contribution in [2.45, 2.75) is 26.7 Å². The lowest BCUT2D eigenvalue weighted by Gasteiger charge is -2.29. The van der Waals surface area contributed by atoms with Crippen LogP contribution < -0.4 is 9.64 Å². The first kappa shape index (κ1) is 12.2. The molecule has 1 unspecified atom stereocenters. The quantitative estimate of drug-likeness (QED) is 0.772. The SMILES string of the molecule is CC#CCOc1nsc(N2CCCC(C)C2)n1. The molecule has 1 aliphatic heterocycles. The van der Waals surface area contributed by atoms with Crippen LogP contribution in [0.4, 0.5) is 5.13 Å². The largest absolute Gasteiger partial charge is 0.450 e. The summed E-state index contributed by atoms with van der Waals surface area (Å²) in [5.41, 5.74) is 0. The molecule has 0 bridgehead atoms. The highest BCUT2D eigenvalue weighted by Crippen LogP contribution is 2.26. The van der Waals surface area contributed by atoms with Gasteiger partial charge in [-0.25, -0.2) is 0 Å². The van der Waals surface area contributed by atoms with Gasteiger partial charge in [-0.15, -0.1) is 10.3 Å². The minimum absolute atomic E-state index is 0.364. The van der Waals surface area contributed by atoms with E-state index >= 15 is 0 Å². The fourth-order valence-corrected chi connectivity index (χ4v) is 2.58. The van der Waals surface area contributed by atoms with Crippen molar-refractivity contribution in [3.05, 3.63) is 0 Å². The molecule has 0 aromatic carbocycles. The molecule has 0 radical (unpaired) electrons. The third-order valence-electron chi connectivity index (χ3n) is 2.77. The van der Waals surface area contributed by atoms with Gasteiger partial charge < -0.3 is 9.64 Å². The molecule has 1 atom stereocenters. The molecular weight excluding hydrogens is 234 g/mol. The van der Waals surface area contributed by atoms with Crippen LogP contribution in [0.1, 0.15) is 26.7 Å². The molecule has 1 saturated heterocycles. The Labute approximate surface area is 106 Å². The number of hydrogen-bond acceptors (Lipinski definition) is 5. The zero-order valence-corrected chi connectivity index (χ0v) is 11.1. The summed E-state index contributed by atoms with van der Waals surface area (Å²) < 4.78 is 9.52. The monoisotopic (exact) mass is 251 g/mol. The van der Waals surface area contributed by atoms with E-state index in [0.29, 0.717) is 12.6 Å². The van der Waals surface area contributed by atoms with E-state index in [1.165, 1.54) is 24.4 Å². The zero-order valence-electron chi connectivity index (χ0n) is 10.3. The summed E-state index contributed by atoms with van der Waals surface area (Å²) in [6, 6.07) is 0.450. The summed E-state index contributed by atoms with van der Waals surface area (Å²) in [6.07, 6.45) is 2.54. The standard InChI is InChI=1S/C12H17N3OS/c1-3-4-8-16-11-13-12(17-14-11)15-7-5-6-10(2)9-15/h10H,5-9H2,1-2H3. The summed E-state index contributed by atoms with van der Waals surface area (Å²) in [7, 11) is 0. The van der Waals surface area contributed by atoms with Crippen molar-refractivity contribution in [3.63, 3.8) is 0 Å². The van der Waals surface area contributed by atoms with Crippen LogP contribution in [0.3, 0.4) is 0 Å². The van der Waals surface area contributed by atoms with Crippen molar-refractivity contribution in [1.82, 2.24) is 9.36 Å². The number of anilines is 1. The average Bonchev–Trinajstić information content (AvgIpc) is 2.78. The molecule has 2 rings (SSSR count). The van der Waals surface area contributed by atoms with Crippen LogP contribution in [0, 0.1) is 17.8 Å². The second-order valence-corrected chi connectivity index (χ2v) is 5.00. The smallest absolute Gasteiger partial charge is 0.331 e. The van der Waals surface area contributed by atoms with Crippen molar-refractivity contribution in [2.24, 2.45) is 5.92 Å². The van der Waals surface area contributed by atoms with Crippen molar-refractivity contribution >= 4 is 16.7 Å². The first-order valence-corrected chi connectivity index (χ1v) is 6.68. The number of ether oxygens (including phenoxy) is 1. The lowest BCUT2D eigenvalue weighted by molar-refractivity contribution is 0.344. The molecule has 4 nitrogen and oxygen atoms in total. The van der Waals surface area contributed by atoms with E-state index in [4.69, 9.17) is 4.74 Å². The highest BCUT2D eigenvalue weighted by molar-refractivity contribution is 7.09. The maximum Gasteiger partial charge on any atom is 0.331 e. The van der Waals surface area contributed by atoms with Gasteiger partial charge in [0.05, 0.1) is 0 Å². The first-order chi connectivity index (χ1) is 8.29. The maximum absolute atomic E-state index is 5.33. The fraction of sp³-hybridized carbons (Fsp3) is 0.667. The molecule has 0 aliphatic carbocycles.